The minimum absolute atomic E-state index is 0.623. The zero-order valence-electron chi connectivity index (χ0n) is 28.6. The van der Waals surface area contributed by atoms with Gasteiger partial charge in [0.25, 0.3) is 0 Å². The summed E-state index contributed by atoms with van der Waals surface area (Å²) >= 11 is 0. The second-order valence-electron chi connectivity index (χ2n) is 13.6. The number of benzene rings is 9. The van der Waals surface area contributed by atoms with E-state index in [2.05, 4.69) is 187 Å². The Morgan fingerprint density at radius 1 is 0.321 bits per heavy atom. The van der Waals surface area contributed by atoms with E-state index >= 15 is 0 Å². The molecule has 0 aliphatic heterocycles. The molecule has 11 rings (SSSR count). The zero-order valence-corrected chi connectivity index (χ0v) is 28.6. The number of fused-ring (bicyclic) bond motifs is 9. The van der Waals surface area contributed by atoms with Crippen LogP contribution in [0.1, 0.15) is 0 Å². The first kappa shape index (κ1) is 29.5. The van der Waals surface area contributed by atoms with Crippen molar-refractivity contribution >= 4 is 64.9 Å². The van der Waals surface area contributed by atoms with Crippen LogP contribution >= 0.6 is 0 Å². The molecule has 11 aromatic rings. The summed E-state index contributed by atoms with van der Waals surface area (Å²) in [7, 11) is 0. The predicted octanol–water partition coefficient (Wildman–Crippen LogP) is 12.6. The van der Waals surface area contributed by atoms with Gasteiger partial charge in [-0.1, -0.05) is 146 Å². The second kappa shape index (κ2) is 11.7. The molecule has 0 fully saturated rings. The summed E-state index contributed by atoms with van der Waals surface area (Å²) in [6.45, 7) is 0. The first-order valence-corrected chi connectivity index (χ1v) is 18.0. The van der Waals surface area contributed by atoms with E-state index in [0.717, 1.165) is 49.6 Å². The number of para-hydroxylation sites is 3. The smallest absolute Gasteiger partial charge is 0.166 e. The highest BCUT2D eigenvalue weighted by molar-refractivity contribution is 6.23. The van der Waals surface area contributed by atoms with Crippen molar-refractivity contribution in [1.82, 2.24) is 19.5 Å². The van der Waals surface area contributed by atoms with E-state index in [0.29, 0.717) is 17.5 Å². The van der Waals surface area contributed by atoms with E-state index in [9.17, 15) is 0 Å². The van der Waals surface area contributed by atoms with Crippen molar-refractivity contribution in [3.8, 4) is 39.9 Å². The molecule has 0 spiro atoms. The minimum atomic E-state index is 0.623. The molecule has 0 bridgehead atoms. The molecule has 246 valence electrons. The molecule has 0 radical (unpaired) electrons. The lowest BCUT2D eigenvalue weighted by Crippen LogP contribution is -2.04. The zero-order chi connectivity index (χ0) is 34.9. The van der Waals surface area contributed by atoms with Crippen molar-refractivity contribution in [2.45, 2.75) is 0 Å². The molecule has 0 aliphatic rings. The topological polar surface area (TPSA) is 43.6 Å². The lowest BCUT2D eigenvalue weighted by Gasteiger charge is -2.16. The number of aromatic nitrogens is 4. The van der Waals surface area contributed by atoms with Gasteiger partial charge in [-0.05, 0) is 79.5 Å². The van der Waals surface area contributed by atoms with Gasteiger partial charge in [-0.2, -0.15) is 0 Å². The average Bonchev–Trinajstić information content (AvgIpc) is 3.57. The van der Waals surface area contributed by atoms with Crippen LogP contribution in [0.3, 0.4) is 0 Å². The van der Waals surface area contributed by atoms with Crippen LogP contribution in [-0.2, 0) is 0 Å². The van der Waals surface area contributed by atoms with Gasteiger partial charge in [0.2, 0.25) is 0 Å². The standard InChI is InChI=1S/C49H30N4/c1-2-15-33-29-35(28-25-31(33)13-1)47-50-48(41-21-9-12-24-45(41)53-43-22-10-7-18-38(43)39-19-8-11-23-44(39)53)52-49(51-47)42-30-34-27-26-32-14-3-4-16-36(32)46(34)40-20-6-5-17-37(40)42/h1-30H. The van der Waals surface area contributed by atoms with Crippen molar-refractivity contribution in [2.75, 3.05) is 0 Å². The Balaban J connectivity index is 1.21. The SMILES string of the molecule is c1ccc(-n2c3ccccc3c3ccccc32)c(-c2nc(-c3ccc4ccccc4c3)nc(-c3cc4ccc5ccccc5c4c4ccccc34)n2)c1. The fourth-order valence-corrected chi connectivity index (χ4v) is 8.18. The van der Waals surface area contributed by atoms with Crippen LogP contribution in [0.2, 0.25) is 0 Å². The quantitative estimate of drug-likeness (QED) is 0.175. The highest BCUT2D eigenvalue weighted by atomic mass is 15.1. The number of rotatable bonds is 4. The lowest BCUT2D eigenvalue weighted by molar-refractivity contribution is 1.07. The number of hydrogen-bond donors (Lipinski definition) is 0. The molecule has 0 aliphatic carbocycles. The molecule has 0 amide bonds. The number of nitrogens with zero attached hydrogens (tertiary/aromatic N) is 4. The molecule has 2 aromatic heterocycles. The predicted molar refractivity (Wildman–Crippen MR) is 220 cm³/mol. The number of hydrogen-bond acceptors (Lipinski definition) is 3. The fraction of sp³-hybridized carbons (Fsp3) is 0. The van der Waals surface area contributed by atoms with Crippen molar-refractivity contribution in [2.24, 2.45) is 0 Å². The molecule has 0 saturated heterocycles. The Morgan fingerprint density at radius 2 is 0.849 bits per heavy atom. The summed E-state index contributed by atoms with van der Waals surface area (Å²) in [5.41, 5.74) is 6.14. The molecular weight excluding hydrogens is 645 g/mol. The summed E-state index contributed by atoms with van der Waals surface area (Å²) in [6.07, 6.45) is 0. The molecule has 0 saturated carbocycles. The molecule has 53 heavy (non-hydrogen) atoms. The Labute approximate surface area is 305 Å². The summed E-state index contributed by atoms with van der Waals surface area (Å²) < 4.78 is 2.34. The van der Waals surface area contributed by atoms with Crippen LogP contribution in [0.15, 0.2) is 182 Å². The molecule has 0 N–H and O–H groups in total. The summed E-state index contributed by atoms with van der Waals surface area (Å²) in [5.74, 6) is 1.90. The second-order valence-corrected chi connectivity index (χ2v) is 13.6. The summed E-state index contributed by atoms with van der Waals surface area (Å²) in [6, 6.07) is 64.5. The van der Waals surface area contributed by atoms with Gasteiger partial charge in [-0.15, -0.1) is 0 Å². The fourth-order valence-electron chi connectivity index (χ4n) is 8.18. The third-order valence-electron chi connectivity index (χ3n) is 10.6. The van der Waals surface area contributed by atoms with Gasteiger partial charge in [0.1, 0.15) is 0 Å². The van der Waals surface area contributed by atoms with E-state index in [1.807, 2.05) is 0 Å². The van der Waals surface area contributed by atoms with Crippen molar-refractivity contribution in [1.29, 1.82) is 0 Å². The van der Waals surface area contributed by atoms with E-state index in [-0.39, 0.29) is 0 Å². The van der Waals surface area contributed by atoms with Crippen molar-refractivity contribution in [3.63, 3.8) is 0 Å². The van der Waals surface area contributed by atoms with E-state index < -0.39 is 0 Å². The first-order valence-electron chi connectivity index (χ1n) is 18.0. The van der Waals surface area contributed by atoms with E-state index in [1.54, 1.807) is 0 Å². The summed E-state index contributed by atoms with van der Waals surface area (Å²) in [5, 5.41) is 11.9. The van der Waals surface area contributed by atoms with Crippen LogP contribution < -0.4 is 0 Å². The molecule has 9 aromatic carbocycles. The van der Waals surface area contributed by atoms with Gasteiger partial charge < -0.3 is 4.57 Å². The van der Waals surface area contributed by atoms with Gasteiger partial charge in [0, 0.05) is 27.5 Å². The summed E-state index contributed by atoms with van der Waals surface area (Å²) in [4.78, 5) is 15.9. The molecule has 4 nitrogen and oxygen atoms in total. The maximum atomic E-state index is 5.38. The highest BCUT2D eigenvalue weighted by Gasteiger charge is 2.20. The van der Waals surface area contributed by atoms with Gasteiger partial charge in [-0.3, -0.25) is 0 Å². The van der Waals surface area contributed by atoms with E-state index in [1.165, 1.54) is 37.7 Å². The minimum Gasteiger partial charge on any atom is -0.309 e. The Bertz CT molecular complexity index is 3190. The van der Waals surface area contributed by atoms with Gasteiger partial charge in [0.15, 0.2) is 17.5 Å². The van der Waals surface area contributed by atoms with Crippen LogP contribution in [0.5, 0.6) is 0 Å². The first-order chi connectivity index (χ1) is 26.3. The van der Waals surface area contributed by atoms with Crippen molar-refractivity contribution < 1.29 is 0 Å². The maximum Gasteiger partial charge on any atom is 0.166 e. The largest absolute Gasteiger partial charge is 0.309 e. The monoisotopic (exact) mass is 674 g/mol. The third-order valence-corrected chi connectivity index (χ3v) is 10.6. The highest BCUT2D eigenvalue weighted by Crippen LogP contribution is 2.40. The molecular formula is C49H30N4. The third kappa shape index (κ3) is 4.66. The molecule has 0 unspecified atom stereocenters. The maximum absolute atomic E-state index is 5.38. The van der Waals surface area contributed by atoms with Gasteiger partial charge in [-0.25, -0.2) is 15.0 Å². The Kier molecular flexibility index (Phi) is 6.52. The van der Waals surface area contributed by atoms with Crippen LogP contribution in [0, 0.1) is 0 Å². The molecule has 4 heteroatoms. The average molecular weight is 675 g/mol. The Morgan fingerprint density at radius 3 is 1.62 bits per heavy atom. The van der Waals surface area contributed by atoms with Crippen LogP contribution in [-0.4, -0.2) is 19.5 Å². The van der Waals surface area contributed by atoms with E-state index in [4.69, 9.17) is 15.0 Å². The van der Waals surface area contributed by atoms with Crippen LogP contribution in [0.4, 0.5) is 0 Å². The Hall–Kier alpha value is -7.17. The van der Waals surface area contributed by atoms with Crippen LogP contribution in [0.25, 0.3) is 105 Å². The normalized spacial score (nSPS) is 11.8. The molecule has 2 heterocycles. The molecule has 0 atom stereocenters. The lowest BCUT2D eigenvalue weighted by atomic mass is 9.93. The van der Waals surface area contributed by atoms with Crippen molar-refractivity contribution in [3.05, 3.63) is 182 Å². The van der Waals surface area contributed by atoms with Gasteiger partial charge in [0.05, 0.1) is 16.7 Å². The van der Waals surface area contributed by atoms with Gasteiger partial charge >= 0.3 is 0 Å².